The highest BCUT2D eigenvalue weighted by molar-refractivity contribution is 5.58. The number of aromatic amines is 1. The van der Waals surface area contributed by atoms with Crippen molar-refractivity contribution in [3.05, 3.63) is 42.1 Å². The number of nitrogens with one attached hydrogen (secondary N) is 1. The molecule has 0 radical (unpaired) electrons. The lowest BCUT2D eigenvalue weighted by Gasteiger charge is -2.07. The lowest BCUT2D eigenvalue weighted by molar-refractivity contribution is 0.187. The molecule has 1 aromatic carbocycles. The second kappa shape index (κ2) is 5.75. The Bertz CT molecular complexity index is 495. The van der Waals surface area contributed by atoms with E-state index in [1.165, 1.54) is 12.1 Å². The standard InChI is InChI=1S/C13H16FN3O/c1-18-7-6-11(15)13-16-8-12(17-13)9-2-4-10(14)5-3-9/h2-5,8,11H,6-7,15H2,1H3,(H,16,17). The minimum atomic E-state index is -0.254. The van der Waals surface area contributed by atoms with Gasteiger partial charge in [-0.05, 0) is 36.2 Å². The zero-order valence-electron chi connectivity index (χ0n) is 10.2. The van der Waals surface area contributed by atoms with E-state index in [0.29, 0.717) is 18.9 Å². The second-order valence-corrected chi connectivity index (χ2v) is 4.08. The van der Waals surface area contributed by atoms with Gasteiger partial charge in [-0.3, -0.25) is 0 Å². The van der Waals surface area contributed by atoms with Crippen LogP contribution in [0.25, 0.3) is 11.3 Å². The van der Waals surface area contributed by atoms with Crippen molar-refractivity contribution in [3.63, 3.8) is 0 Å². The van der Waals surface area contributed by atoms with Crippen molar-refractivity contribution in [3.8, 4) is 11.3 Å². The fraction of sp³-hybridized carbons (Fsp3) is 0.308. The largest absolute Gasteiger partial charge is 0.385 e. The molecular weight excluding hydrogens is 233 g/mol. The molecule has 0 saturated heterocycles. The van der Waals surface area contributed by atoms with Crippen LogP contribution in [0.5, 0.6) is 0 Å². The van der Waals surface area contributed by atoms with Gasteiger partial charge in [0.05, 0.1) is 17.9 Å². The van der Waals surface area contributed by atoms with Crippen LogP contribution in [0.4, 0.5) is 4.39 Å². The van der Waals surface area contributed by atoms with Crippen LogP contribution in [0.2, 0.25) is 0 Å². The lowest BCUT2D eigenvalue weighted by Crippen LogP contribution is -2.14. The third-order valence-corrected chi connectivity index (χ3v) is 2.73. The summed E-state index contributed by atoms with van der Waals surface area (Å²) >= 11 is 0. The molecule has 96 valence electrons. The second-order valence-electron chi connectivity index (χ2n) is 4.08. The molecule has 0 aliphatic carbocycles. The third kappa shape index (κ3) is 2.94. The molecule has 1 heterocycles. The predicted octanol–water partition coefficient (Wildman–Crippen LogP) is 2.25. The number of ether oxygens (including phenoxy) is 1. The van der Waals surface area contributed by atoms with E-state index >= 15 is 0 Å². The van der Waals surface area contributed by atoms with E-state index in [-0.39, 0.29) is 11.9 Å². The number of benzene rings is 1. The third-order valence-electron chi connectivity index (χ3n) is 2.73. The maximum absolute atomic E-state index is 12.8. The normalized spacial score (nSPS) is 12.6. The van der Waals surface area contributed by atoms with E-state index in [1.54, 1.807) is 25.4 Å². The van der Waals surface area contributed by atoms with Crippen molar-refractivity contribution in [2.45, 2.75) is 12.5 Å². The van der Waals surface area contributed by atoms with Gasteiger partial charge in [0.25, 0.3) is 0 Å². The molecule has 2 rings (SSSR count). The molecular formula is C13H16FN3O. The van der Waals surface area contributed by atoms with E-state index in [2.05, 4.69) is 9.97 Å². The minimum absolute atomic E-state index is 0.181. The number of hydrogen-bond donors (Lipinski definition) is 2. The number of rotatable bonds is 5. The Morgan fingerprint density at radius 1 is 1.39 bits per heavy atom. The van der Waals surface area contributed by atoms with E-state index < -0.39 is 0 Å². The first-order valence-corrected chi connectivity index (χ1v) is 5.76. The average Bonchev–Trinajstić information content (AvgIpc) is 2.86. The number of nitrogens with zero attached hydrogens (tertiary/aromatic N) is 1. The molecule has 4 nitrogen and oxygen atoms in total. The van der Waals surface area contributed by atoms with Gasteiger partial charge in [-0.2, -0.15) is 0 Å². The summed E-state index contributed by atoms with van der Waals surface area (Å²) in [6, 6.07) is 6.06. The SMILES string of the molecule is COCCC(N)c1ncc(-c2ccc(F)cc2)[nH]1. The number of H-pyrrole nitrogens is 1. The summed E-state index contributed by atoms with van der Waals surface area (Å²) in [6.07, 6.45) is 2.40. The molecule has 0 saturated carbocycles. The van der Waals surface area contributed by atoms with Crippen LogP contribution in [-0.2, 0) is 4.74 Å². The van der Waals surface area contributed by atoms with Crippen molar-refractivity contribution in [2.75, 3.05) is 13.7 Å². The fourth-order valence-electron chi connectivity index (χ4n) is 1.68. The Morgan fingerprint density at radius 2 is 2.11 bits per heavy atom. The van der Waals surface area contributed by atoms with Crippen LogP contribution < -0.4 is 5.73 Å². The van der Waals surface area contributed by atoms with E-state index in [4.69, 9.17) is 10.5 Å². The number of methoxy groups -OCH3 is 1. The molecule has 0 spiro atoms. The van der Waals surface area contributed by atoms with E-state index in [9.17, 15) is 4.39 Å². The van der Waals surface area contributed by atoms with Crippen molar-refractivity contribution in [1.82, 2.24) is 9.97 Å². The van der Waals surface area contributed by atoms with Crippen molar-refractivity contribution < 1.29 is 9.13 Å². The van der Waals surface area contributed by atoms with E-state index in [0.717, 1.165) is 11.3 Å². The molecule has 2 aromatic rings. The zero-order chi connectivity index (χ0) is 13.0. The Kier molecular flexibility index (Phi) is 4.07. The van der Waals surface area contributed by atoms with Gasteiger partial charge >= 0.3 is 0 Å². The summed E-state index contributed by atoms with van der Waals surface area (Å²) < 4.78 is 17.8. The number of hydrogen-bond acceptors (Lipinski definition) is 3. The minimum Gasteiger partial charge on any atom is -0.385 e. The summed E-state index contributed by atoms with van der Waals surface area (Å²) in [5, 5.41) is 0. The van der Waals surface area contributed by atoms with Crippen LogP contribution in [0.3, 0.4) is 0 Å². The van der Waals surface area contributed by atoms with Gasteiger partial charge in [-0.25, -0.2) is 9.37 Å². The maximum atomic E-state index is 12.8. The monoisotopic (exact) mass is 249 g/mol. The lowest BCUT2D eigenvalue weighted by atomic mass is 10.2. The molecule has 5 heteroatoms. The van der Waals surface area contributed by atoms with Crippen LogP contribution >= 0.6 is 0 Å². The zero-order valence-corrected chi connectivity index (χ0v) is 10.2. The first kappa shape index (κ1) is 12.7. The molecule has 1 unspecified atom stereocenters. The van der Waals surface area contributed by atoms with Crippen LogP contribution in [-0.4, -0.2) is 23.7 Å². The molecule has 3 N–H and O–H groups in total. The summed E-state index contributed by atoms with van der Waals surface area (Å²) in [5.74, 6) is 0.460. The van der Waals surface area contributed by atoms with Gasteiger partial charge in [-0.1, -0.05) is 0 Å². The van der Waals surface area contributed by atoms with Crippen molar-refractivity contribution in [2.24, 2.45) is 5.73 Å². The number of halogens is 1. The summed E-state index contributed by atoms with van der Waals surface area (Å²) in [6.45, 7) is 0.591. The maximum Gasteiger partial charge on any atom is 0.123 e. The summed E-state index contributed by atoms with van der Waals surface area (Å²) in [5.41, 5.74) is 7.68. The molecule has 1 atom stereocenters. The number of aromatic nitrogens is 2. The first-order chi connectivity index (χ1) is 8.70. The highest BCUT2D eigenvalue weighted by Crippen LogP contribution is 2.19. The van der Waals surface area contributed by atoms with Gasteiger partial charge < -0.3 is 15.5 Å². The predicted molar refractivity (Wildman–Crippen MR) is 67.4 cm³/mol. The summed E-state index contributed by atoms with van der Waals surface area (Å²) in [7, 11) is 1.64. The molecule has 0 aliphatic heterocycles. The molecule has 18 heavy (non-hydrogen) atoms. The molecule has 0 aliphatic rings. The Balaban J connectivity index is 2.12. The average molecular weight is 249 g/mol. The van der Waals surface area contributed by atoms with Gasteiger partial charge in [-0.15, -0.1) is 0 Å². The molecule has 1 aromatic heterocycles. The first-order valence-electron chi connectivity index (χ1n) is 5.76. The van der Waals surface area contributed by atoms with Gasteiger partial charge in [0, 0.05) is 13.7 Å². The quantitative estimate of drug-likeness (QED) is 0.854. The van der Waals surface area contributed by atoms with Crippen molar-refractivity contribution >= 4 is 0 Å². The topological polar surface area (TPSA) is 63.9 Å². The highest BCUT2D eigenvalue weighted by atomic mass is 19.1. The van der Waals surface area contributed by atoms with Gasteiger partial charge in [0.2, 0.25) is 0 Å². The number of nitrogens with two attached hydrogens (primary N) is 1. The molecule has 0 bridgehead atoms. The fourth-order valence-corrected chi connectivity index (χ4v) is 1.68. The highest BCUT2D eigenvalue weighted by Gasteiger charge is 2.10. The van der Waals surface area contributed by atoms with Crippen LogP contribution in [0.1, 0.15) is 18.3 Å². The van der Waals surface area contributed by atoms with Gasteiger partial charge in [0.1, 0.15) is 11.6 Å². The van der Waals surface area contributed by atoms with Crippen LogP contribution in [0, 0.1) is 5.82 Å². The van der Waals surface area contributed by atoms with E-state index in [1.807, 2.05) is 0 Å². The Labute approximate surface area is 105 Å². The Hall–Kier alpha value is -1.72. The Morgan fingerprint density at radius 3 is 2.78 bits per heavy atom. The smallest absolute Gasteiger partial charge is 0.123 e. The summed E-state index contributed by atoms with van der Waals surface area (Å²) in [4.78, 5) is 7.38. The van der Waals surface area contributed by atoms with Gasteiger partial charge in [0.15, 0.2) is 0 Å². The van der Waals surface area contributed by atoms with Crippen LogP contribution in [0.15, 0.2) is 30.5 Å². The molecule has 0 fully saturated rings. The van der Waals surface area contributed by atoms with Crippen molar-refractivity contribution in [1.29, 1.82) is 0 Å². The molecule has 0 amide bonds. The number of imidazole rings is 1.